The van der Waals surface area contributed by atoms with Crippen LogP contribution in [0.3, 0.4) is 0 Å². The Morgan fingerprint density at radius 1 is 1.44 bits per heavy atom. The van der Waals surface area contributed by atoms with Gasteiger partial charge in [-0.1, -0.05) is 20.3 Å². The summed E-state index contributed by atoms with van der Waals surface area (Å²) in [7, 11) is 1.64. The van der Waals surface area contributed by atoms with Gasteiger partial charge in [-0.15, -0.1) is 0 Å². The third-order valence-electron chi connectivity index (χ3n) is 2.70. The summed E-state index contributed by atoms with van der Waals surface area (Å²) in [5.74, 6) is 0.710. The maximum Gasteiger partial charge on any atom is 0.140 e. The van der Waals surface area contributed by atoms with Crippen LogP contribution in [-0.2, 0) is 11.3 Å². The fourth-order valence-corrected chi connectivity index (χ4v) is 1.87. The zero-order valence-corrected chi connectivity index (χ0v) is 10.4. The first-order valence-electron chi connectivity index (χ1n) is 5.96. The Kier molecular flexibility index (Phi) is 5.49. The summed E-state index contributed by atoms with van der Waals surface area (Å²) in [5, 5.41) is 10.2. The molecular weight excluding hydrogens is 204 g/mol. The third kappa shape index (κ3) is 3.06. The molecule has 0 aliphatic heterocycles. The lowest BCUT2D eigenvalue weighted by molar-refractivity contribution is -0.0237. The predicted octanol–water partition coefficient (Wildman–Crippen LogP) is 2.14. The Morgan fingerprint density at radius 2 is 2.19 bits per heavy atom. The highest BCUT2D eigenvalue weighted by atomic mass is 16.5. The second-order valence-corrected chi connectivity index (χ2v) is 3.99. The first-order chi connectivity index (χ1) is 7.74. The van der Waals surface area contributed by atoms with Gasteiger partial charge in [0.05, 0.1) is 6.10 Å². The van der Waals surface area contributed by atoms with E-state index in [2.05, 4.69) is 18.8 Å². The van der Waals surface area contributed by atoms with Gasteiger partial charge in [0.25, 0.3) is 0 Å². The average Bonchev–Trinajstić information content (AvgIpc) is 2.73. The molecule has 16 heavy (non-hydrogen) atoms. The van der Waals surface area contributed by atoms with Gasteiger partial charge in [0.2, 0.25) is 0 Å². The van der Waals surface area contributed by atoms with Gasteiger partial charge in [0, 0.05) is 26.0 Å². The number of hydrogen-bond acceptors (Lipinski definition) is 3. The quantitative estimate of drug-likeness (QED) is 0.775. The van der Waals surface area contributed by atoms with Crippen molar-refractivity contribution in [1.29, 1.82) is 0 Å². The lowest BCUT2D eigenvalue weighted by Crippen LogP contribution is -2.23. The summed E-state index contributed by atoms with van der Waals surface area (Å²) in [4.78, 5) is 4.22. The van der Waals surface area contributed by atoms with Crippen LogP contribution in [0.15, 0.2) is 12.4 Å². The van der Waals surface area contributed by atoms with Gasteiger partial charge < -0.3 is 14.4 Å². The second-order valence-electron chi connectivity index (χ2n) is 3.99. The summed E-state index contributed by atoms with van der Waals surface area (Å²) in [6, 6.07) is 0. The summed E-state index contributed by atoms with van der Waals surface area (Å²) in [6.07, 6.45) is 5.70. The number of aliphatic hydroxyl groups is 1. The highest BCUT2D eigenvalue weighted by Gasteiger charge is 2.23. The van der Waals surface area contributed by atoms with Crippen LogP contribution in [0.25, 0.3) is 0 Å². The van der Waals surface area contributed by atoms with Crippen molar-refractivity contribution in [2.24, 2.45) is 0 Å². The fourth-order valence-electron chi connectivity index (χ4n) is 1.87. The SMILES string of the molecule is CCCC(OC)C(O)c1nccn1CCC. The first-order valence-corrected chi connectivity index (χ1v) is 5.96. The van der Waals surface area contributed by atoms with Crippen molar-refractivity contribution in [3.63, 3.8) is 0 Å². The number of imidazole rings is 1. The lowest BCUT2D eigenvalue weighted by atomic mass is 10.1. The third-order valence-corrected chi connectivity index (χ3v) is 2.70. The summed E-state index contributed by atoms with van der Waals surface area (Å²) >= 11 is 0. The number of rotatable bonds is 7. The molecule has 92 valence electrons. The van der Waals surface area contributed by atoms with Crippen molar-refractivity contribution >= 4 is 0 Å². The van der Waals surface area contributed by atoms with E-state index in [0.29, 0.717) is 5.82 Å². The van der Waals surface area contributed by atoms with Gasteiger partial charge in [0.1, 0.15) is 11.9 Å². The Hall–Kier alpha value is -0.870. The molecule has 4 heteroatoms. The summed E-state index contributed by atoms with van der Waals surface area (Å²) in [5.41, 5.74) is 0. The van der Waals surface area contributed by atoms with Crippen molar-refractivity contribution in [1.82, 2.24) is 9.55 Å². The molecule has 1 N–H and O–H groups in total. The van der Waals surface area contributed by atoms with Crippen LogP contribution < -0.4 is 0 Å². The maximum absolute atomic E-state index is 10.2. The van der Waals surface area contributed by atoms with Crippen LogP contribution >= 0.6 is 0 Å². The van der Waals surface area contributed by atoms with E-state index < -0.39 is 6.10 Å². The largest absolute Gasteiger partial charge is 0.382 e. The van der Waals surface area contributed by atoms with Gasteiger partial charge in [-0.25, -0.2) is 4.98 Å². The minimum Gasteiger partial charge on any atom is -0.382 e. The minimum atomic E-state index is -0.633. The van der Waals surface area contributed by atoms with Crippen LogP contribution in [0.2, 0.25) is 0 Å². The Morgan fingerprint density at radius 3 is 2.75 bits per heavy atom. The van der Waals surface area contributed by atoms with E-state index in [-0.39, 0.29) is 6.10 Å². The van der Waals surface area contributed by atoms with E-state index in [1.54, 1.807) is 13.3 Å². The van der Waals surface area contributed by atoms with E-state index in [4.69, 9.17) is 4.74 Å². The molecule has 2 atom stereocenters. The van der Waals surface area contributed by atoms with Crippen molar-refractivity contribution in [3.05, 3.63) is 18.2 Å². The lowest BCUT2D eigenvalue weighted by Gasteiger charge is -2.21. The van der Waals surface area contributed by atoms with Gasteiger partial charge in [0.15, 0.2) is 0 Å². The zero-order valence-electron chi connectivity index (χ0n) is 10.4. The number of aliphatic hydroxyl groups excluding tert-OH is 1. The van der Waals surface area contributed by atoms with Crippen molar-refractivity contribution in [2.45, 2.75) is 51.9 Å². The minimum absolute atomic E-state index is 0.164. The number of ether oxygens (including phenoxy) is 1. The van der Waals surface area contributed by atoms with E-state index in [9.17, 15) is 5.11 Å². The number of aryl methyl sites for hydroxylation is 1. The predicted molar refractivity (Wildman–Crippen MR) is 63.2 cm³/mol. The molecule has 0 radical (unpaired) electrons. The van der Waals surface area contributed by atoms with Gasteiger partial charge in [-0.2, -0.15) is 0 Å². The highest BCUT2D eigenvalue weighted by Crippen LogP contribution is 2.21. The van der Waals surface area contributed by atoms with E-state index in [1.807, 2.05) is 10.8 Å². The topological polar surface area (TPSA) is 47.3 Å². The first kappa shape index (κ1) is 13.2. The molecular formula is C12H22N2O2. The molecule has 0 aliphatic carbocycles. The van der Waals surface area contributed by atoms with Crippen molar-refractivity contribution in [2.75, 3.05) is 7.11 Å². The highest BCUT2D eigenvalue weighted by molar-refractivity contribution is 4.99. The van der Waals surface area contributed by atoms with E-state index >= 15 is 0 Å². The second kappa shape index (κ2) is 6.66. The van der Waals surface area contributed by atoms with Crippen molar-refractivity contribution < 1.29 is 9.84 Å². The molecule has 0 saturated heterocycles. The maximum atomic E-state index is 10.2. The molecule has 4 nitrogen and oxygen atoms in total. The average molecular weight is 226 g/mol. The van der Waals surface area contributed by atoms with Crippen LogP contribution in [0, 0.1) is 0 Å². The Bertz CT molecular complexity index is 299. The van der Waals surface area contributed by atoms with Crippen molar-refractivity contribution in [3.8, 4) is 0 Å². The molecule has 1 heterocycles. The molecule has 0 saturated carbocycles. The van der Waals surface area contributed by atoms with Crippen LogP contribution in [0.1, 0.15) is 45.0 Å². The van der Waals surface area contributed by atoms with Crippen LogP contribution in [0.5, 0.6) is 0 Å². The van der Waals surface area contributed by atoms with Crippen LogP contribution in [-0.4, -0.2) is 27.9 Å². The molecule has 0 amide bonds. The molecule has 0 aromatic carbocycles. The number of aromatic nitrogens is 2. The molecule has 2 unspecified atom stereocenters. The monoisotopic (exact) mass is 226 g/mol. The van der Waals surface area contributed by atoms with Gasteiger partial charge >= 0.3 is 0 Å². The molecule has 0 fully saturated rings. The standard InChI is InChI=1S/C12H22N2O2/c1-4-6-10(16-3)11(15)12-13-7-9-14(12)8-5-2/h7,9-11,15H,4-6,8H2,1-3H3. The molecule has 0 spiro atoms. The van der Waals surface area contributed by atoms with Gasteiger partial charge in [-0.05, 0) is 12.8 Å². The number of hydrogen-bond donors (Lipinski definition) is 1. The smallest absolute Gasteiger partial charge is 0.140 e. The Balaban J connectivity index is 2.76. The molecule has 1 aromatic heterocycles. The fraction of sp³-hybridized carbons (Fsp3) is 0.750. The van der Waals surface area contributed by atoms with E-state index in [1.165, 1.54) is 0 Å². The molecule has 0 bridgehead atoms. The molecule has 1 aromatic rings. The number of methoxy groups -OCH3 is 1. The van der Waals surface area contributed by atoms with E-state index in [0.717, 1.165) is 25.8 Å². The number of nitrogens with zero attached hydrogens (tertiary/aromatic N) is 2. The zero-order chi connectivity index (χ0) is 12.0. The van der Waals surface area contributed by atoms with Crippen LogP contribution in [0.4, 0.5) is 0 Å². The summed E-state index contributed by atoms with van der Waals surface area (Å²) in [6.45, 7) is 5.07. The Labute approximate surface area is 97.3 Å². The molecule has 1 rings (SSSR count). The van der Waals surface area contributed by atoms with Gasteiger partial charge in [-0.3, -0.25) is 0 Å². The molecule has 0 aliphatic rings. The summed E-state index contributed by atoms with van der Waals surface area (Å²) < 4.78 is 7.30. The normalized spacial score (nSPS) is 15.0.